The van der Waals surface area contributed by atoms with Crippen LogP contribution in [-0.4, -0.2) is 31.3 Å². The summed E-state index contributed by atoms with van der Waals surface area (Å²) < 4.78 is 42.9. The maximum absolute atomic E-state index is 12.7. The van der Waals surface area contributed by atoms with Crippen molar-refractivity contribution in [1.82, 2.24) is 0 Å². The number of alkyl halides is 3. The van der Waals surface area contributed by atoms with Crippen molar-refractivity contribution in [3.05, 3.63) is 23.8 Å². The lowest BCUT2D eigenvalue weighted by Crippen LogP contribution is -2.39. The van der Waals surface area contributed by atoms with E-state index in [4.69, 9.17) is 10.5 Å². The Morgan fingerprint density at radius 3 is 2.48 bits per heavy atom. The Morgan fingerprint density at radius 1 is 1.38 bits per heavy atom. The van der Waals surface area contributed by atoms with E-state index in [2.05, 4.69) is 0 Å². The molecule has 0 radical (unpaired) electrons. The monoisotopic (exact) mass is 304 g/mol. The number of nitrogens with two attached hydrogens (primary N) is 1. The predicted molar refractivity (Wildman–Crippen MR) is 75.3 cm³/mol. The summed E-state index contributed by atoms with van der Waals surface area (Å²) in [6.07, 6.45) is -4.36. The van der Waals surface area contributed by atoms with E-state index < -0.39 is 24.7 Å². The molecule has 2 N–H and O–H groups in total. The highest BCUT2D eigenvalue weighted by atomic mass is 19.4. The molecule has 0 aliphatic carbocycles. The second-order valence-electron chi connectivity index (χ2n) is 4.83. The number of hydrogen-bond donors (Lipinski definition) is 1. The van der Waals surface area contributed by atoms with Crippen LogP contribution >= 0.6 is 0 Å². The standard InChI is InChI=1S/C14H19F3N2O2/c1-4-21-13(20)10-5-6-11(18)12(7-10)19(9(2)3)8-14(15,16)17/h5-7,9H,4,8,18H2,1-3H3. The van der Waals surface area contributed by atoms with Gasteiger partial charge in [0, 0.05) is 6.04 Å². The number of ether oxygens (including phenoxy) is 1. The fraction of sp³-hybridized carbons (Fsp3) is 0.500. The Morgan fingerprint density at radius 2 is 2.00 bits per heavy atom. The third-order valence-corrected chi connectivity index (χ3v) is 2.82. The summed E-state index contributed by atoms with van der Waals surface area (Å²) >= 11 is 0. The highest BCUT2D eigenvalue weighted by molar-refractivity contribution is 5.92. The molecule has 0 fully saturated rings. The molecule has 0 aliphatic heterocycles. The first-order chi connectivity index (χ1) is 9.65. The molecule has 0 aromatic heterocycles. The Labute approximate surface area is 121 Å². The van der Waals surface area contributed by atoms with Gasteiger partial charge in [0.25, 0.3) is 0 Å². The van der Waals surface area contributed by atoms with Gasteiger partial charge in [0.2, 0.25) is 0 Å². The number of hydrogen-bond acceptors (Lipinski definition) is 4. The average molecular weight is 304 g/mol. The number of halogens is 3. The molecule has 21 heavy (non-hydrogen) atoms. The molecule has 1 rings (SSSR count). The summed E-state index contributed by atoms with van der Waals surface area (Å²) in [6, 6.07) is 3.75. The van der Waals surface area contributed by atoms with Crippen molar-refractivity contribution in [3.63, 3.8) is 0 Å². The normalized spacial score (nSPS) is 11.6. The fourth-order valence-electron chi connectivity index (χ4n) is 1.87. The molecule has 0 saturated heterocycles. The predicted octanol–water partition coefficient (Wildman–Crippen LogP) is 3.22. The van der Waals surface area contributed by atoms with Gasteiger partial charge in [-0.2, -0.15) is 13.2 Å². The van der Waals surface area contributed by atoms with Crippen molar-refractivity contribution in [2.24, 2.45) is 0 Å². The molecular formula is C14H19F3N2O2. The Hall–Kier alpha value is -1.92. The van der Waals surface area contributed by atoms with Crippen LogP contribution in [0.3, 0.4) is 0 Å². The molecular weight excluding hydrogens is 285 g/mol. The molecule has 118 valence electrons. The van der Waals surface area contributed by atoms with Gasteiger partial charge in [0.05, 0.1) is 23.5 Å². The van der Waals surface area contributed by atoms with Gasteiger partial charge in [-0.1, -0.05) is 0 Å². The minimum Gasteiger partial charge on any atom is -0.462 e. The highest BCUT2D eigenvalue weighted by Crippen LogP contribution is 2.30. The summed E-state index contributed by atoms with van der Waals surface area (Å²) in [4.78, 5) is 12.8. The van der Waals surface area contributed by atoms with E-state index in [-0.39, 0.29) is 23.5 Å². The van der Waals surface area contributed by atoms with Crippen LogP contribution < -0.4 is 10.6 Å². The molecule has 7 heteroatoms. The van der Waals surface area contributed by atoms with Gasteiger partial charge in [-0.3, -0.25) is 0 Å². The zero-order valence-electron chi connectivity index (χ0n) is 12.2. The largest absolute Gasteiger partial charge is 0.462 e. The number of esters is 1. The van der Waals surface area contributed by atoms with Crippen molar-refractivity contribution in [1.29, 1.82) is 0 Å². The lowest BCUT2D eigenvalue weighted by molar-refractivity contribution is -0.120. The number of rotatable bonds is 5. The Balaban J connectivity index is 3.18. The second-order valence-corrected chi connectivity index (χ2v) is 4.83. The summed E-state index contributed by atoms with van der Waals surface area (Å²) in [5.41, 5.74) is 6.29. The maximum atomic E-state index is 12.7. The zero-order valence-corrected chi connectivity index (χ0v) is 12.2. The number of anilines is 2. The topological polar surface area (TPSA) is 55.6 Å². The smallest absolute Gasteiger partial charge is 0.405 e. The molecule has 0 unspecified atom stereocenters. The lowest BCUT2D eigenvalue weighted by Gasteiger charge is -2.31. The molecule has 0 heterocycles. The Bertz CT molecular complexity index is 501. The molecule has 1 aromatic carbocycles. The summed E-state index contributed by atoms with van der Waals surface area (Å²) in [5, 5.41) is 0. The van der Waals surface area contributed by atoms with E-state index in [1.54, 1.807) is 20.8 Å². The second kappa shape index (κ2) is 6.69. The van der Waals surface area contributed by atoms with Gasteiger partial charge >= 0.3 is 12.1 Å². The number of carbonyl (C=O) groups excluding carboxylic acids is 1. The first kappa shape index (κ1) is 17.1. The average Bonchev–Trinajstić information content (AvgIpc) is 2.35. The van der Waals surface area contributed by atoms with Crippen LogP contribution in [0.5, 0.6) is 0 Å². The van der Waals surface area contributed by atoms with Crippen LogP contribution in [0.15, 0.2) is 18.2 Å². The van der Waals surface area contributed by atoms with E-state index in [0.717, 1.165) is 4.90 Å². The van der Waals surface area contributed by atoms with Crippen LogP contribution in [0.25, 0.3) is 0 Å². The van der Waals surface area contributed by atoms with E-state index >= 15 is 0 Å². The first-order valence-corrected chi connectivity index (χ1v) is 6.55. The summed E-state index contributed by atoms with van der Waals surface area (Å²) in [5.74, 6) is -0.588. The van der Waals surface area contributed by atoms with Gasteiger partial charge in [-0.15, -0.1) is 0 Å². The number of nitrogen functional groups attached to an aromatic ring is 1. The first-order valence-electron chi connectivity index (χ1n) is 6.55. The maximum Gasteiger partial charge on any atom is 0.405 e. The van der Waals surface area contributed by atoms with Crippen molar-refractivity contribution < 1.29 is 22.7 Å². The van der Waals surface area contributed by atoms with Crippen molar-refractivity contribution >= 4 is 17.3 Å². The fourth-order valence-corrected chi connectivity index (χ4v) is 1.87. The molecule has 1 aromatic rings. The third-order valence-electron chi connectivity index (χ3n) is 2.82. The number of nitrogens with zero attached hydrogens (tertiary/aromatic N) is 1. The van der Waals surface area contributed by atoms with E-state index in [0.29, 0.717) is 0 Å². The van der Waals surface area contributed by atoms with Crippen LogP contribution in [0.2, 0.25) is 0 Å². The zero-order chi connectivity index (χ0) is 16.2. The molecule has 0 bridgehead atoms. The van der Waals surface area contributed by atoms with Gasteiger partial charge in [-0.05, 0) is 39.0 Å². The van der Waals surface area contributed by atoms with Crippen LogP contribution in [-0.2, 0) is 4.74 Å². The van der Waals surface area contributed by atoms with E-state index in [1.807, 2.05) is 0 Å². The van der Waals surface area contributed by atoms with E-state index in [1.165, 1.54) is 18.2 Å². The van der Waals surface area contributed by atoms with Crippen molar-refractivity contribution in [2.45, 2.75) is 33.0 Å². The minimum atomic E-state index is -4.36. The molecule has 0 atom stereocenters. The molecule has 0 amide bonds. The van der Waals surface area contributed by atoms with Gasteiger partial charge in [-0.25, -0.2) is 4.79 Å². The van der Waals surface area contributed by atoms with Crippen LogP contribution in [0.4, 0.5) is 24.5 Å². The lowest BCUT2D eigenvalue weighted by atomic mass is 10.1. The number of carbonyl (C=O) groups is 1. The third kappa shape index (κ3) is 4.84. The summed E-state index contributed by atoms with van der Waals surface area (Å²) in [6.45, 7) is 3.96. The van der Waals surface area contributed by atoms with Gasteiger partial charge < -0.3 is 15.4 Å². The van der Waals surface area contributed by atoms with Crippen molar-refractivity contribution in [3.8, 4) is 0 Å². The van der Waals surface area contributed by atoms with Crippen LogP contribution in [0, 0.1) is 0 Å². The summed E-state index contributed by atoms with van der Waals surface area (Å²) in [7, 11) is 0. The molecule has 4 nitrogen and oxygen atoms in total. The molecule has 0 saturated carbocycles. The number of benzene rings is 1. The van der Waals surface area contributed by atoms with Gasteiger partial charge in [0.1, 0.15) is 6.54 Å². The molecule has 0 spiro atoms. The van der Waals surface area contributed by atoms with Crippen molar-refractivity contribution in [2.75, 3.05) is 23.8 Å². The Kier molecular flexibility index (Phi) is 5.46. The highest BCUT2D eigenvalue weighted by Gasteiger charge is 2.33. The SMILES string of the molecule is CCOC(=O)c1ccc(N)c(N(CC(F)(F)F)C(C)C)c1. The van der Waals surface area contributed by atoms with Crippen LogP contribution in [0.1, 0.15) is 31.1 Å². The molecule has 0 aliphatic rings. The quantitative estimate of drug-likeness (QED) is 0.670. The minimum absolute atomic E-state index is 0.174. The van der Waals surface area contributed by atoms with E-state index in [9.17, 15) is 18.0 Å². The van der Waals surface area contributed by atoms with Gasteiger partial charge in [0.15, 0.2) is 0 Å².